The number of nitrogens with one attached hydrogen (secondary N) is 1. The predicted octanol–water partition coefficient (Wildman–Crippen LogP) is 35.7. The van der Waals surface area contributed by atoms with Gasteiger partial charge in [-0.15, -0.1) is 0 Å². The van der Waals surface area contributed by atoms with E-state index in [-0.39, 0.29) is 0 Å². The van der Waals surface area contributed by atoms with Crippen LogP contribution in [0.2, 0.25) is 10.0 Å². The van der Waals surface area contributed by atoms with E-state index >= 15 is 0 Å². The SMILES string of the molecule is Clc1ccc2c(c1)oc1cc3cc4oc5cc(Cl)ccc5c4cc3cc12.c1ccc(N(c2ccc3cc(-c4cc5ccccc5o4)ccc3c2)c2ccc3c(c2)oc2cc4cc5oc6cc(N(c7ccccc7)c7ccc8cc(-c9cc%10ccccc%10o9)ccc8c7)ccc6c5cc4cc23)cc1.c1ccc(Nc2ccc3cc(-c4cc5ccccc5o4)ccc3c2)cc1. The third-order valence-electron chi connectivity index (χ3n) is 24.7. The molecule has 0 unspecified atom stereocenters. The molecule has 27 rings (SSSR count). The second kappa shape index (κ2) is 30.2. The Morgan fingerprint density at radius 1 is 0.164 bits per heavy atom. The van der Waals surface area contributed by atoms with Gasteiger partial charge < -0.3 is 46.0 Å². The summed E-state index contributed by atoms with van der Waals surface area (Å²) in [5.41, 5.74) is 20.9. The van der Waals surface area contributed by atoms with Crippen LogP contribution in [0.15, 0.2) is 443 Å². The van der Waals surface area contributed by atoms with Crippen LogP contribution in [0.25, 0.3) is 208 Å². The highest BCUT2D eigenvalue weighted by Crippen LogP contribution is 2.47. The predicted molar refractivity (Wildman–Crippen MR) is 531 cm³/mol. The molecule has 0 spiro atoms. The maximum Gasteiger partial charge on any atom is 0.137 e. The molecule has 20 aromatic carbocycles. The fourth-order valence-electron chi connectivity index (χ4n) is 18.4. The van der Waals surface area contributed by atoms with Crippen molar-refractivity contribution in [2.24, 2.45) is 0 Å². The van der Waals surface area contributed by atoms with Gasteiger partial charge in [0.1, 0.15) is 78.7 Å². The minimum absolute atomic E-state index is 0.670. The van der Waals surface area contributed by atoms with Crippen LogP contribution in [0.4, 0.5) is 45.5 Å². The zero-order chi connectivity index (χ0) is 84.6. The van der Waals surface area contributed by atoms with E-state index in [1.54, 1.807) is 0 Å². The van der Waals surface area contributed by atoms with Crippen LogP contribution in [0, 0.1) is 0 Å². The summed E-state index contributed by atoms with van der Waals surface area (Å²) in [6, 6.07) is 143. The number of hydrogen-bond acceptors (Lipinski definition) is 10. The monoisotopic (exact) mass is 1690 g/mol. The number of furan rings is 7. The van der Waals surface area contributed by atoms with E-state index in [0.717, 1.165) is 243 Å². The van der Waals surface area contributed by atoms with Gasteiger partial charge >= 0.3 is 0 Å². The first-order chi connectivity index (χ1) is 63.1. The Hall–Kier alpha value is -16.5. The third kappa shape index (κ3) is 13.4. The summed E-state index contributed by atoms with van der Waals surface area (Å²) in [5.74, 6) is 2.63. The lowest BCUT2D eigenvalue weighted by Gasteiger charge is -2.25. The first-order valence-corrected chi connectivity index (χ1v) is 43.3. The molecule has 0 saturated heterocycles. The standard InChI is InChI=1S/C70H42N2O4.C24H17NO.C22H10Cl2O2/c1-3-13-53(14-4-1)71(55-25-23-43-31-49(21-19-45(43)33-55)65-37-47-11-7-9-17-63(47)73-65)57-27-29-59-61-35-51-36-62-60-30-28-58(42-70(60)76-68(62)40-52(51)39-67(61)75-69(59)41-57)72(54-15-5-2-6-16-54)56-26-24-44-32-50(22-20-46(44)34-56)66-38-48-12-8-10-18-64(48)74-66;1-2-7-21(8-3-1)25-22-13-12-17-14-20(11-10-18(17)15-22)24-16-19-6-4-5-9-23(19)26-24;23-13-1-3-15-17-5-11-6-18-16-4-2-14(24)10-22(16)26-20(18)8-12(11)7-19(17)25-21(15)9-13/h1-42H;1-16,25H;1-10H. The van der Waals surface area contributed by atoms with Crippen molar-refractivity contribution in [3.8, 4) is 34.0 Å². The Morgan fingerprint density at radius 2 is 0.461 bits per heavy atom. The van der Waals surface area contributed by atoms with Crippen molar-refractivity contribution in [1.29, 1.82) is 0 Å². The van der Waals surface area contributed by atoms with Gasteiger partial charge in [-0.1, -0.05) is 187 Å². The molecule has 0 fully saturated rings. The molecule has 0 radical (unpaired) electrons. The van der Waals surface area contributed by atoms with Gasteiger partial charge in [-0.25, -0.2) is 0 Å². The van der Waals surface area contributed by atoms with Gasteiger partial charge in [0.25, 0.3) is 0 Å². The average Bonchev–Trinajstić information content (AvgIpc) is 1.58. The fourth-order valence-corrected chi connectivity index (χ4v) is 18.8. The summed E-state index contributed by atoms with van der Waals surface area (Å²) in [4.78, 5) is 4.59. The lowest BCUT2D eigenvalue weighted by molar-refractivity contribution is 0.631. The quantitative estimate of drug-likeness (QED) is 0.134. The fraction of sp³-hybridized carbons (Fsp3) is 0. The van der Waals surface area contributed by atoms with Gasteiger partial charge in [-0.3, -0.25) is 0 Å². The number of benzene rings is 20. The van der Waals surface area contributed by atoms with Crippen LogP contribution in [-0.2, 0) is 0 Å². The van der Waals surface area contributed by atoms with Crippen molar-refractivity contribution < 1.29 is 30.9 Å². The molecule has 27 aromatic rings. The minimum Gasteiger partial charge on any atom is -0.456 e. The van der Waals surface area contributed by atoms with Gasteiger partial charge in [-0.05, 0) is 278 Å². The van der Waals surface area contributed by atoms with Crippen LogP contribution in [-0.4, -0.2) is 0 Å². The molecule has 604 valence electrons. The van der Waals surface area contributed by atoms with Crippen LogP contribution < -0.4 is 15.1 Å². The third-order valence-corrected chi connectivity index (χ3v) is 25.1. The van der Waals surface area contributed by atoms with Gasteiger partial charge in [-0.2, -0.15) is 0 Å². The Morgan fingerprint density at radius 3 is 0.852 bits per heavy atom. The number of rotatable bonds is 11. The molecule has 0 aliphatic heterocycles. The zero-order valence-electron chi connectivity index (χ0n) is 68.3. The van der Waals surface area contributed by atoms with Gasteiger partial charge in [0.05, 0.1) is 0 Å². The van der Waals surface area contributed by atoms with E-state index in [4.69, 9.17) is 54.1 Å². The normalized spacial score (nSPS) is 11.8. The molecular formula is C116H69Cl2N3O7. The second-order valence-corrected chi connectivity index (χ2v) is 33.6. The van der Waals surface area contributed by atoms with E-state index in [9.17, 15) is 0 Å². The highest BCUT2D eigenvalue weighted by molar-refractivity contribution is 6.32. The Bertz CT molecular complexity index is 8610. The molecule has 128 heavy (non-hydrogen) atoms. The largest absolute Gasteiger partial charge is 0.456 e. The molecule has 0 aliphatic carbocycles. The summed E-state index contributed by atoms with van der Waals surface area (Å²) in [7, 11) is 0. The Kier molecular flexibility index (Phi) is 17.5. The molecule has 12 heteroatoms. The first-order valence-electron chi connectivity index (χ1n) is 42.5. The van der Waals surface area contributed by atoms with Gasteiger partial charge in [0, 0.05) is 156 Å². The molecule has 7 heterocycles. The summed E-state index contributed by atoms with van der Waals surface area (Å²) in [5, 5.41) is 28.0. The number of anilines is 8. The van der Waals surface area contributed by atoms with E-state index in [2.05, 4.69) is 318 Å². The highest BCUT2D eigenvalue weighted by Gasteiger charge is 2.23. The van der Waals surface area contributed by atoms with Crippen molar-refractivity contribution in [3.05, 3.63) is 423 Å². The first kappa shape index (κ1) is 74.2. The van der Waals surface area contributed by atoms with Crippen LogP contribution in [0.1, 0.15) is 0 Å². The topological polar surface area (TPSA) is 110 Å². The van der Waals surface area contributed by atoms with Crippen molar-refractivity contribution >= 4 is 243 Å². The summed E-state index contributed by atoms with van der Waals surface area (Å²) in [6.07, 6.45) is 0. The lowest BCUT2D eigenvalue weighted by Crippen LogP contribution is -2.09. The van der Waals surface area contributed by atoms with Crippen molar-refractivity contribution in [2.75, 3.05) is 15.1 Å². The molecule has 7 aromatic heterocycles. The lowest BCUT2D eigenvalue weighted by atomic mass is 10.0. The highest BCUT2D eigenvalue weighted by atomic mass is 35.5. The van der Waals surface area contributed by atoms with Crippen molar-refractivity contribution in [2.45, 2.75) is 0 Å². The van der Waals surface area contributed by atoms with E-state index in [1.165, 1.54) is 10.8 Å². The van der Waals surface area contributed by atoms with Crippen LogP contribution >= 0.6 is 23.2 Å². The number of fused-ring (bicyclic) bond motifs is 20. The number of nitrogens with zero attached hydrogens (tertiary/aromatic N) is 2. The molecular weight excluding hydrogens is 1620 g/mol. The zero-order valence-corrected chi connectivity index (χ0v) is 69.8. The van der Waals surface area contributed by atoms with Crippen molar-refractivity contribution in [3.63, 3.8) is 0 Å². The van der Waals surface area contributed by atoms with E-state index in [0.29, 0.717) is 10.0 Å². The maximum atomic E-state index is 6.76. The summed E-state index contributed by atoms with van der Waals surface area (Å²) in [6.45, 7) is 0. The second-order valence-electron chi connectivity index (χ2n) is 32.7. The molecule has 0 amide bonds. The molecule has 10 nitrogen and oxygen atoms in total. The smallest absolute Gasteiger partial charge is 0.137 e. The molecule has 0 saturated carbocycles. The molecule has 0 atom stereocenters. The minimum atomic E-state index is 0.670. The van der Waals surface area contributed by atoms with E-state index < -0.39 is 0 Å². The molecule has 0 bridgehead atoms. The van der Waals surface area contributed by atoms with E-state index in [1.807, 2.05) is 109 Å². The maximum absolute atomic E-state index is 6.76. The summed E-state index contributed by atoms with van der Waals surface area (Å²) < 4.78 is 43.9. The van der Waals surface area contributed by atoms with Crippen LogP contribution in [0.3, 0.4) is 0 Å². The molecule has 1 N–H and O–H groups in total. The number of para-hydroxylation sites is 6. The Balaban J connectivity index is 0.000000137. The summed E-state index contributed by atoms with van der Waals surface area (Å²) >= 11 is 12.2. The molecule has 0 aliphatic rings. The average molecular weight is 1690 g/mol. The van der Waals surface area contributed by atoms with Crippen LogP contribution in [0.5, 0.6) is 0 Å². The Labute approximate surface area is 740 Å². The number of hydrogen-bond donors (Lipinski definition) is 1. The number of halogens is 2. The van der Waals surface area contributed by atoms with Gasteiger partial charge in [0.2, 0.25) is 0 Å². The van der Waals surface area contributed by atoms with Gasteiger partial charge in [0.15, 0.2) is 0 Å². The van der Waals surface area contributed by atoms with Crippen molar-refractivity contribution in [1.82, 2.24) is 0 Å².